The number of nitrogens with zero attached hydrogens (tertiary/aromatic N) is 3. The molecule has 0 fully saturated rings. The van der Waals surface area contributed by atoms with Gasteiger partial charge in [0.2, 0.25) is 0 Å². The van der Waals surface area contributed by atoms with E-state index in [2.05, 4.69) is 41.8 Å². The van der Waals surface area contributed by atoms with Gasteiger partial charge in [-0.05, 0) is 42.2 Å². The van der Waals surface area contributed by atoms with Gasteiger partial charge in [-0.3, -0.25) is 4.79 Å². The van der Waals surface area contributed by atoms with Crippen LogP contribution in [0.5, 0.6) is 0 Å². The lowest BCUT2D eigenvalue weighted by Gasteiger charge is -2.33. The number of rotatable bonds is 5. The summed E-state index contributed by atoms with van der Waals surface area (Å²) >= 11 is 3.39. The first-order valence-electron chi connectivity index (χ1n) is 9.00. The van der Waals surface area contributed by atoms with Gasteiger partial charge in [0, 0.05) is 17.7 Å². The van der Waals surface area contributed by atoms with Crippen LogP contribution < -0.4 is 0 Å². The van der Waals surface area contributed by atoms with Crippen molar-refractivity contribution in [1.29, 1.82) is 0 Å². The molecule has 0 aliphatic heterocycles. The minimum atomic E-state index is -0.195. The Morgan fingerprint density at radius 1 is 1.42 bits per heavy atom. The first kappa shape index (κ1) is 19.4. The number of carbonyl (C=O) groups is 1. The zero-order valence-electron chi connectivity index (χ0n) is 16.2. The third kappa shape index (κ3) is 4.14. The van der Waals surface area contributed by atoms with Crippen molar-refractivity contribution < 1.29 is 9.53 Å². The summed E-state index contributed by atoms with van der Waals surface area (Å²) in [7, 11) is 3.41. The van der Waals surface area contributed by atoms with E-state index in [1.165, 1.54) is 47.0 Å². The maximum absolute atomic E-state index is 11.2. The first-order valence-corrected chi connectivity index (χ1v) is 10.8. The van der Waals surface area contributed by atoms with Crippen LogP contribution in [0.3, 0.4) is 0 Å². The normalized spacial score (nSPS) is 17.2. The highest BCUT2D eigenvalue weighted by atomic mass is 32.2. The van der Waals surface area contributed by atoms with E-state index in [0.717, 1.165) is 23.3 Å². The topological polar surface area (TPSA) is 57.0 Å². The number of carbonyl (C=O) groups excluding carboxylic acids is 1. The van der Waals surface area contributed by atoms with Crippen molar-refractivity contribution in [1.82, 2.24) is 14.8 Å². The number of aromatic nitrogens is 3. The van der Waals surface area contributed by atoms with Gasteiger partial charge in [0.15, 0.2) is 11.0 Å². The summed E-state index contributed by atoms with van der Waals surface area (Å²) < 4.78 is 6.71. The van der Waals surface area contributed by atoms with Crippen LogP contribution in [-0.4, -0.2) is 33.6 Å². The van der Waals surface area contributed by atoms with Crippen molar-refractivity contribution in [3.8, 4) is 10.7 Å². The predicted octanol–water partition coefficient (Wildman–Crippen LogP) is 4.35. The molecule has 5 nitrogen and oxygen atoms in total. The van der Waals surface area contributed by atoms with Crippen LogP contribution >= 0.6 is 23.1 Å². The number of ether oxygens (including phenoxy) is 1. The molecule has 0 N–H and O–H groups in total. The average Bonchev–Trinajstić information content (AvgIpc) is 3.16. The second kappa shape index (κ2) is 7.72. The Morgan fingerprint density at radius 3 is 2.88 bits per heavy atom. The van der Waals surface area contributed by atoms with Crippen molar-refractivity contribution >= 4 is 29.1 Å². The number of esters is 1. The molecule has 2 aromatic heterocycles. The molecular formula is C19H27N3O2S2. The summed E-state index contributed by atoms with van der Waals surface area (Å²) in [4.78, 5) is 13.9. The number of aryl methyl sites for hydroxylation is 1. The van der Waals surface area contributed by atoms with Crippen LogP contribution in [0.25, 0.3) is 10.7 Å². The van der Waals surface area contributed by atoms with Gasteiger partial charge in [0.1, 0.15) is 0 Å². The van der Waals surface area contributed by atoms with E-state index < -0.39 is 0 Å². The second-order valence-electron chi connectivity index (χ2n) is 7.90. The first-order chi connectivity index (χ1) is 12.3. The van der Waals surface area contributed by atoms with Gasteiger partial charge in [-0.1, -0.05) is 32.5 Å². The Bertz CT molecular complexity index is 789. The molecule has 0 amide bonds. The van der Waals surface area contributed by atoms with Crippen LogP contribution in [0, 0.1) is 11.3 Å². The quantitative estimate of drug-likeness (QED) is 0.558. The molecule has 0 saturated heterocycles. The fraction of sp³-hybridized carbons (Fsp3) is 0.632. The lowest BCUT2D eigenvalue weighted by Crippen LogP contribution is -2.26. The lowest BCUT2D eigenvalue weighted by atomic mass is 9.72. The summed E-state index contributed by atoms with van der Waals surface area (Å²) in [6.07, 6.45) is 3.98. The molecule has 0 radical (unpaired) electrons. The maximum atomic E-state index is 11.2. The van der Waals surface area contributed by atoms with E-state index in [0.29, 0.717) is 17.6 Å². The van der Waals surface area contributed by atoms with E-state index in [9.17, 15) is 4.79 Å². The smallest absolute Gasteiger partial charge is 0.306 e. The predicted molar refractivity (Wildman–Crippen MR) is 107 cm³/mol. The van der Waals surface area contributed by atoms with Gasteiger partial charge >= 0.3 is 5.97 Å². The number of fused-ring (bicyclic) bond motifs is 1. The molecule has 0 unspecified atom stereocenters. The SMILES string of the molecule is COC(=O)CCSc1nnc(-c2cc3c(s2)CC[C@@H](C(C)(C)C)C3)n1C. The van der Waals surface area contributed by atoms with Crippen LogP contribution in [0.1, 0.15) is 44.1 Å². The molecule has 0 saturated carbocycles. The minimum absolute atomic E-state index is 0.195. The van der Waals surface area contributed by atoms with E-state index >= 15 is 0 Å². The van der Waals surface area contributed by atoms with Crippen molar-refractivity contribution in [2.75, 3.05) is 12.9 Å². The Morgan fingerprint density at radius 2 is 2.19 bits per heavy atom. The molecule has 0 bridgehead atoms. The molecule has 3 rings (SSSR count). The van der Waals surface area contributed by atoms with Crippen molar-refractivity contribution in [2.24, 2.45) is 18.4 Å². The van der Waals surface area contributed by atoms with E-state index in [-0.39, 0.29) is 5.97 Å². The number of hydrogen-bond donors (Lipinski definition) is 0. The molecule has 142 valence electrons. The van der Waals surface area contributed by atoms with Gasteiger partial charge in [-0.25, -0.2) is 0 Å². The monoisotopic (exact) mass is 393 g/mol. The zero-order valence-corrected chi connectivity index (χ0v) is 17.8. The largest absolute Gasteiger partial charge is 0.469 e. The van der Waals surface area contributed by atoms with Gasteiger partial charge < -0.3 is 9.30 Å². The summed E-state index contributed by atoms with van der Waals surface area (Å²) in [5, 5.41) is 9.54. The molecule has 1 aliphatic carbocycles. The standard InChI is InChI=1S/C19H27N3O2S2/c1-19(2,3)13-6-7-14-12(10-13)11-15(26-14)17-20-21-18(22(17)4)25-9-8-16(23)24-5/h11,13H,6-10H2,1-5H3/t13-/m1/s1. The fourth-order valence-corrected chi connectivity index (χ4v) is 5.41. The van der Waals surface area contributed by atoms with E-state index in [1.54, 1.807) is 0 Å². The molecule has 1 aliphatic rings. The minimum Gasteiger partial charge on any atom is -0.469 e. The van der Waals surface area contributed by atoms with Crippen molar-refractivity contribution in [2.45, 2.75) is 51.6 Å². The number of thiophene rings is 1. The van der Waals surface area contributed by atoms with Gasteiger partial charge in [-0.2, -0.15) is 0 Å². The molecule has 0 spiro atoms. The van der Waals surface area contributed by atoms with Crippen LogP contribution in [0.15, 0.2) is 11.2 Å². The third-order valence-corrected chi connectivity index (χ3v) is 7.38. The fourth-order valence-electron chi connectivity index (χ4n) is 3.36. The molecule has 1 atom stereocenters. The van der Waals surface area contributed by atoms with E-state index in [4.69, 9.17) is 0 Å². The maximum Gasteiger partial charge on any atom is 0.306 e. The Balaban J connectivity index is 1.73. The number of hydrogen-bond acceptors (Lipinski definition) is 6. The highest BCUT2D eigenvalue weighted by Crippen LogP contribution is 2.42. The Kier molecular flexibility index (Phi) is 5.77. The van der Waals surface area contributed by atoms with Crippen LogP contribution in [-0.2, 0) is 29.4 Å². The van der Waals surface area contributed by atoms with Crippen molar-refractivity contribution in [3.63, 3.8) is 0 Å². The third-order valence-electron chi connectivity index (χ3n) is 5.13. The summed E-state index contributed by atoms with van der Waals surface area (Å²) in [5.74, 6) is 2.10. The van der Waals surface area contributed by atoms with Crippen LogP contribution in [0.4, 0.5) is 0 Å². The molecular weight excluding hydrogens is 366 g/mol. The van der Waals surface area contributed by atoms with Crippen molar-refractivity contribution in [3.05, 3.63) is 16.5 Å². The molecule has 26 heavy (non-hydrogen) atoms. The van der Waals surface area contributed by atoms with Gasteiger partial charge in [-0.15, -0.1) is 21.5 Å². The summed E-state index contributed by atoms with van der Waals surface area (Å²) in [5.41, 5.74) is 1.84. The number of methoxy groups -OCH3 is 1. The molecule has 0 aromatic carbocycles. The molecule has 2 aromatic rings. The zero-order chi connectivity index (χ0) is 18.9. The summed E-state index contributed by atoms with van der Waals surface area (Å²) in [6, 6.07) is 2.31. The highest BCUT2D eigenvalue weighted by molar-refractivity contribution is 7.99. The lowest BCUT2D eigenvalue weighted by molar-refractivity contribution is -0.140. The molecule has 2 heterocycles. The van der Waals surface area contributed by atoms with E-state index in [1.807, 2.05) is 23.0 Å². The molecule has 7 heteroatoms. The average molecular weight is 394 g/mol. The number of thioether (sulfide) groups is 1. The Hall–Kier alpha value is -1.34. The second-order valence-corrected chi connectivity index (χ2v) is 10.1. The summed E-state index contributed by atoms with van der Waals surface area (Å²) in [6.45, 7) is 7.03. The van der Waals surface area contributed by atoms with Gasteiger partial charge in [0.25, 0.3) is 0 Å². The Labute approximate surface area is 163 Å². The van der Waals surface area contributed by atoms with Gasteiger partial charge in [0.05, 0.1) is 18.4 Å². The van der Waals surface area contributed by atoms with Crippen LogP contribution in [0.2, 0.25) is 0 Å². The highest BCUT2D eigenvalue weighted by Gasteiger charge is 2.30.